The van der Waals surface area contributed by atoms with Crippen molar-refractivity contribution in [1.29, 1.82) is 0 Å². The van der Waals surface area contributed by atoms with E-state index in [2.05, 4.69) is 16.8 Å². The predicted molar refractivity (Wildman–Crippen MR) is 73.2 cm³/mol. The molecule has 2 fully saturated rings. The molecule has 2 aliphatic heterocycles. The summed E-state index contributed by atoms with van der Waals surface area (Å²) in [6, 6.07) is 10.2. The molecule has 0 amide bonds. The second-order valence-corrected chi connectivity index (χ2v) is 5.86. The highest BCUT2D eigenvalue weighted by Crippen LogP contribution is 2.37. The third kappa shape index (κ3) is 2.05. The van der Waals surface area contributed by atoms with E-state index >= 15 is 0 Å². The smallest absolute Gasteiger partial charge is 0.316 e. The normalized spacial score (nSPS) is 27.1. The summed E-state index contributed by atoms with van der Waals surface area (Å²) in [5, 5.41) is 9.61. The molecule has 4 heteroatoms. The molecule has 0 unspecified atom stereocenters. The van der Waals surface area contributed by atoms with Crippen LogP contribution in [0.2, 0.25) is 0 Å². The van der Waals surface area contributed by atoms with Crippen LogP contribution in [0.3, 0.4) is 0 Å². The van der Waals surface area contributed by atoms with Gasteiger partial charge in [-0.2, -0.15) is 0 Å². The minimum absolute atomic E-state index is 0.529. The van der Waals surface area contributed by atoms with Gasteiger partial charge >= 0.3 is 5.97 Å². The van der Waals surface area contributed by atoms with Gasteiger partial charge in [-0.3, -0.25) is 9.69 Å². The monoisotopic (exact) mass is 260 g/mol. The lowest BCUT2D eigenvalue weighted by atomic mass is 9.73. The molecule has 0 aromatic heterocycles. The van der Waals surface area contributed by atoms with E-state index in [0.717, 1.165) is 25.1 Å². The highest BCUT2D eigenvalue weighted by atomic mass is 16.4. The molecule has 2 aliphatic rings. The molecule has 1 aromatic rings. The SMILES string of the molecule is CN1CC[C@@H](N2CC(C(=O)O)(c3ccccc3)C2)C1. The second kappa shape index (κ2) is 4.62. The third-order valence-corrected chi connectivity index (χ3v) is 4.56. The van der Waals surface area contributed by atoms with Gasteiger partial charge in [-0.15, -0.1) is 0 Å². The molecular weight excluding hydrogens is 240 g/mol. The number of carboxylic acids is 1. The molecule has 0 spiro atoms. The number of likely N-dealkylation sites (N-methyl/N-ethyl adjacent to an activating group) is 1. The fourth-order valence-corrected chi connectivity index (χ4v) is 3.31. The molecule has 1 N–H and O–H groups in total. The molecule has 2 heterocycles. The molecule has 4 nitrogen and oxygen atoms in total. The maximum atomic E-state index is 11.7. The van der Waals surface area contributed by atoms with Crippen molar-refractivity contribution in [3.8, 4) is 0 Å². The van der Waals surface area contributed by atoms with Crippen LogP contribution < -0.4 is 0 Å². The van der Waals surface area contributed by atoms with Crippen LogP contribution in [-0.2, 0) is 10.2 Å². The summed E-state index contributed by atoms with van der Waals surface area (Å²) in [6.07, 6.45) is 1.15. The van der Waals surface area contributed by atoms with E-state index in [4.69, 9.17) is 0 Å². The van der Waals surface area contributed by atoms with Crippen LogP contribution in [0.1, 0.15) is 12.0 Å². The number of aliphatic carboxylic acids is 1. The standard InChI is InChI=1S/C15H20N2O2/c1-16-8-7-13(9-16)17-10-15(11-17,14(18)19)12-5-3-2-4-6-12/h2-6,13H,7-11H2,1H3,(H,18,19)/t13-/m1/s1. The first-order valence-corrected chi connectivity index (χ1v) is 6.83. The zero-order valence-corrected chi connectivity index (χ0v) is 11.2. The Bertz CT molecular complexity index is 468. The van der Waals surface area contributed by atoms with Crippen molar-refractivity contribution in [3.63, 3.8) is 0 Å². The summed E-state index contributed by atoms with van der Waals surface area (Å²) in [4.78, 5) is 16.3. The summed E-state index contributed by atoms with van der Waals surface area (Å²) in [6.45, 7) is 3.47. The van der Waals surface area contributed by atoms with Crippen molar-refractivity contribution < 1.29 is 9.90 Å². The van der Waals surface area contributed by atoms with E-state index in [0.29, 0.717) is 19.1 Å². The highest BCUT2D eigenvalue weighted by molar-refractivity contribution is 5.83. The largest absolute Gasteiger partial charge is 0.481 e. The molecule has 2 saturated heterocycles. The molecule has 3 rings (SSSR count). The zero-order chi connectivity index (χ0) is 13.5. The van der Waals surface area contributed by atoms with Gasteiger partial charge in [0, 0.05) is 25.7 Å². The quantitative estimate of drug-likeness (QED) is 0.881. The number of hydrogen-bond donors (Lipinski definition) is 1. The van der Waals surface area contributed by atoms with Gasteiger partial charge in [0.1, 0.15) is 5.41 Å². The Morgan fingerprint density at radius 1 is 1.32 bits per heavy atom. The zero-order valence-electron chi connectivity index (χ0n) is 11.2. The van der Waals surface area contributed by atoms with Crippen molar-refractivity contribution in [2.75, 3.05) is 33.2 Å². The van der Waals surface area contributed by atoms with Gasteiger partial charge < -0.3 is 10.0 Å². The van der Waals surface area contributed by atoms with E-state index in [1.807, 2.05) is 30.3 Å². The predicted octanol–water partition coefficient (Wildman–Crippen LogP) is 1.03. The van der Waals surface area contributed by atoms with Gasteiger partial charge in [-0.05, 0) is 25.6 Å². The summed E-state index contributed by atoms with van der Waals surface area (Å²) in [5.74, 6) is -0.693. The molecule has 0 aliphatic carbocycles. The molecular formula is C15H20N2O2. The lowest BCUT2D eigenvalue weighted by Gasteiger charge is -2.50. The number of benzene rings is 1. The Morgan fingerprint density at radius 2 is 2.00 bits per heavy atom. The summed E-state index contributed by atoms with van der Waals surface area (Å²) in [5.41, 5.74) is 0.243. The van der Waals surface area contributed by atoms with E-state index in [1.54, 1.807) is 0 Å². The summed E-state index contributed by atoms with van der Waals surface area (Å²) in [7, 11) is 2.13. The first-order valence-electron chi connectivity index (χ1n) is 6.83. The molecule has 1 aromatic carbocycles. The third-order valence-electron chi connectivity index (χ3n) is 4.56. The molecule has 0 bridgehead atoms. The fraction of sp³-hybridized carbons (Fsp3) is 0.533. The second-order valence-electron chi connectivity index (χ2n) is 5.86. The first-order chi connectivity index (χ1) is 9.12. The van der Waals surface area contributed by atoms with E-state index in [9.17, 15) is 9.90 Å². The van der Waals surface area contributed by atoms with Crippen molar-refractivity contribution in [3.05, 3.63) is 35.9 Å². The van der Waals surface area contributed by atoms with Gasteiger partial charge in [-0.25, -0.2) is 0 Å². The van der Waals surface area contributed by atoms with E-state index < -0.39 is 11.4 Å². The minimum atomic E-state index is -0.693. The Hall–Kier alpha value is -1.39. The Balaban J connectivity index is 1.75. The Labute approximate surface area is 113 Å². The molecule has 19 heavy (non-hydrogen) atoms. The average Bonchev–Trinajstić information content (AvgIpc) is 2.75. The summed E-state index contributed by atoms with van der Waals surface area (Å²) >= 11 is 0. The number of carboxylic acid groups (broad SMARTS) is 1. The topological polar surface area (TPSA) is 43.8 Å². The van der Waals surface area contributed by atoms with Gasteiger partial charge in [0.25, 0.3) is 0 Å². The van der Waals surface area contributed by atoms with Crippen LogP contribution in [0.15, 0.2) is 30.3 Å². The van der Waals surface area contributed by atoms with Crippen LogP contribution in [0.25, 0.3) is 0 Å². The maximum absolute atomic E-state index is 11.7. The average molecular weight is 260 g/mol. The number of rotatable bonds is 3. The fourth-order valence-electron chi connectivity index (χ4n) is 3.31. The lowest BCUT2D eigenvalue weighted by Crippen LogP contribution is -2.66. The number of carbonyl (C=O) groups is 1. The van der Waals surface area contributed by atoms with Crippen LogP contribution in [-0.4, -0.2) is 60.1 Å². The van der Waals surface area contributed by atoms with Crippen molar-refractivity contribution >= 4 is 5.97 Å². The van der Waals surface area contributed by atoms with Gasteiger partial charge in [0.15, 0.2) is 0 Å². The van der Waals surface area contributed by atoms with E-state index in [-0.39, 0.29) is 0 Å². The van der Waals surface area contributed by atoms with Gasteiger partial charge in [0.2, 0.25) is 0 Å². The number of hydrogen-bond acceptors (Lipinski definition) is 3. The number of nitrogens with zero attached hydrogens (tertiary/aromatic N) is 2. The van der Waals surface area contributed by atoms with Crippen LogP contribution in [0.4, 0.5) is 0 Å². The van der Waals surface area contributed by atoms with Crippen molar-refractivity contribution in [1.82, 2.24) is 9.80 Å². The molecule has 0 saturated carbocycles. The number of likely N-dealkylation sites (tertiary alicyclic amines) is 2. The highest BCUT2D eigenvalue weighted by Gasteiger charge is 2.53. The molecule has 0 radical (unpaired) electrons. The molecule has 102 valence electrons. The minimum Gasteiger partial charge on any atom is -0.481 e. The first kappa shape index (κ1) is 12.6. The maximum Gasteiger partial charge on any atom is 0.316 e. The van der Waals surface area contributed by atoms with E-state index in [1.165, 1.54) is 0 Å². The van der Waals surface area contributed by atoms with Crippen molar-refractivity contribution in [2.24, 2.45) is 0 Å². The van der Waals surface area contributed by atoms with Crippen LogP contribution in [0, 0.1) is 0 Å². The van der Waals surface area contributed by atoms with Crippen molar-refractivity contribution in [2.45, 2.75) is 17.9 Å². The van der Waals surface area contributed by atoms with Crippen LogP contribution >= 0.6 is 0 Å². The van der Waals surface area contributed by atoms with Gasteiger partial charge in [0.05, 0.1) is 0 Å². The summed E-state index contributed by atoms with van der Waals surface area (Å²) < 4.78 is 0. The Morgan fingerprint density at radius 3 is 2.53 bits per heavy atom. The molecule has 1 atom stereocenters. The lowest BCUT2D eigenvalue weighted by molar-refractivity contribution is -0.152. The van der Waals surface area contributed by atoms with Gasteiger partial charge in [-0.1, -0.05) is 30.3 Å². The van der Waals surface area contributed by atoms with Crippen LogP contribution in [0.5, 0.6) is 0 Å². The Kier molecular flexibility index (Phi) is 3.07.